The van der Waals surface area contributed by atoms with Crippen LogP contribution in [0.15, 0.2) is 76.4 Å². The molecule has 0 saturated heterocycles. The van der Waals surface area contributed by atoms with E-state index in [4.69, 9.17) is 10.5 Å². The van der Waals surface area contributed by atoms with Gasteiger partial charge in [-0.15, -0.1) is 0 Å². The Labute approximate surface area is 194 Å². The Kier molecular flexibility index (Phi) is 6.58. The van der Waals surface area contributed by atoms with Crippen molar-refractivity contribution in [3.8, 4) is 11.5 Å². The van der Waals surface area contributed by atoms with Crippen LogP contribution in [0.3, 0.4) is 0 Å². The van der Waals surface area contributed by atoms with Crippen molar-refractivity contribution < 1.29 is 9.84 Å². The lowest BCUT2D eigenvalue weighted by Crippen LogP contribution is -2.43. The number of nitrogen functional groups attached to an aromatic ring is 1. The predicted octanol–water partition coefficient (Wildman–Crippen LogP) is 1.81. The molecule has 4 rings (SSSR count). The van der Waals surface area contributed by atoms with Crippen molar-refractivity contribution in [3.05, 3.63) is 105 Å². The second kappa shape index (κ2) is 9.90. The van der Waals surface area contributed by atoms with E-state index < -0.39 is 11.4 Å². The molecule has 0 fully saturated rings. The van der Waals surface area contributed by atoms with Gasteiger partial charge < -0.3 is 20.9 Å². The molecule has 2 aromatic carbocycles. The molecule has 174 valence electrons. The topological polar surface area (TPSA) is 137 Å². The largest absolute Gasteiger partial charge is 0.508 e. The number of aromatic nitrogens is 4. The maximum absolute atomic E-state index is 13.4. The number of aromatic hydroxyl groups is 1. The van der Waals surface area contributed by atoms with E-state index in [1.54, 1.807) is 61.8 Å². The van der Waals surface area contributed by atoms with E-state index >= 15 is 0 Å². The maximum atomic E-state index is 13.4. The number of nitrogens with zero attached hydrogens (tertiary/aromatic N) is 4. The first-order valence-electron chi connectivity index (χ1n) is 10.5. The molecule has 34 heavy (non-hydrogen) atoms. The van der Waals surface area contributed by atoms with Gasteiger partial charge in [-0.05, 0) is 41.5 Å². The first kappa shape index (κ1) is 22.6. The van der Waals surface area contributed by atoms with E-state index in [2.05, 4.69) is 15.3 Å². The highest BCUT2D eigenvalue weighted by atomic mass is 16.5. The van der Waals surface area contributed by atoms with Gasteiger partial charge in [0.05, 0.1) is 20.2 Å². The summed E-state index contributed by atoms with van der Waals surface area (Å²) in [6.07, 6.45) is 1.58. The van der Waals surface area contributed by atoms with Gasteiger partial charge in [0.25, 0.3) is 0 Å². The van der Waals surface area contributed by atoms with Crippen molar-refractivity contribution in [1.82, 2.24) is 19.1 Å². The normalized spacial score (nSPS) is 10.7. The van der Waals surface area contributed by atoms with Crippen LogP contribution in [-0.2, 0) is 19.6 Å². The lowest BCUT2D eigenvalue weighted by Gasteiger charge is -2.16. The molecular formula is C24H24N6O4. The summed E-state index contributed by atoms with van der Waals surface area (Å²) in [6, 6.07) is 17.1. The maximum Gasteiger partial charge on any atom is 0.355 e. The Morgan fingerprint density at radius 2 is 1.62 bits per heavy atom. The predicted molar refractivity (Wildman–Crippen MR) is 128 cm³/mol. The molecule has 0 unspecified atom stereocenters. The fourth-order valence-corrected chi connectivity index (χ4v) is 3.41. The van der Waals surface area contributed by atoms with Crippen molar-refractivity contribution in [2.24, 2.45) is 0 Å². The second-order valence-electron chi connectivity index (χ2n) is 7.59. The number of pyridine rings is 1. The highest BCUT2D eigenvalue weighted by molar-refractivity contribution is 5.41. The molecule has 2 heterocycles. The molecule has 2 aromatic heterocycles. The number of hydrogen-bond donors (Lipinski definition) is 3. The van der Waals surface area contributed by atoms with Gasteiger partial charge in [0, 0.05) is 18.3 Å². The average Bonchev–Trinajstić information content (AvgIpc) is 2.85. The average molecular weight is 460 g/mol. The molecule has 0 spiro atoms. The molecular weight excluding hydrogens is 436 g/mol. The minimum absolute atomic E-state index is 0.0556. The summed E-state index contributed by atoms with van der Waals surface area (Å²) in [5.74, 6) is 1.24. The van der Waals surface area contributed by atoms with Crippen LogP contribution < -0.4 is 27.2 Å². The summed E-state index contributed by atoms with van der Waals surface area (Å²) in [7, 11) is 1.57. The van der Waals surface area contributed by atoms with Crippen molar-refractivity contribution in [2.45, 2.75) is 19.6 Å². The first-order chi connectivity index (χ1) is 16.4. The van der Waals surface area contributed by atoms with Gasteiger partial charge in [-0.1, -0.05) is 30.3 Å². The monoisotopic (exact) mass is 460 g/mol. The standard InChI is InChI=1S/C24H24N6O4/c1-34-20-10-6-17(7-11-20)15-30-23(32)28-22(27-13-18-3-2-12-26-21(18)25)29(24(30)33)14-16-4-8-19(31)9-5-16/h2-12,31H,13-15H2,1H3,(H2,25,26)(H,27,28,32). The minimum Gasteiger partial charge on any atom is -0.508 e. The van der Waals surface area contributed by atoms with Gasteiger partial charge in [0.2, 0.25) is 5.95 Å². The quantitative estimate of drug-likeness (QED) is 0.362. The molecule has 0 aliphatic carbocycles. The van der Waals surface area contributed by atoms with Gasteiger partial charge in [-0.2, -0.15) is 4.98 Å². The number of hydrogen-bond acceptors (Lipinski definition) is 8. The molecule has 0 aliphatic rings. The molecule has 0 atom stereocenters. The van der Waals surface area contributed by atoms with Crippen molar-refractivity contribution in [1.29, 1.82) is 0 Å². The molecule has 10 heteroatoms. The number of phenolic OH excluding ortho intramolecular Hbond substituents is 1. The summed E-state index contributed by atoms with van der Waals surface area (Å²) < 4.78 is 7.62. The number of methoxy groups -OCH3 is 1. The summed E-state index contributed by atoms with van der Waals surface area (Å²) in [4.78, 5) is 34.4. The number of ether oxygens (including phenoxy) is 1. The lowest BCUT2D eigenvalue weighted by atomic mass is 10.2. The SMILES string of the molecule is COc1ccc(Cn2c(=O)nc(NCc3cccnc3N)n(Cc3ccc(O)cc3)c2=O)cc1. The van der Waals surface area contributed by atoms with E-state index in [9.17, 15) is 14.7 Å². The van der Waals surface area contributed by atoms with E-state index in [-0.39, 0.29) is 31.3 Å². The van der Waals surface area contributed by atoms with Crippen molar-refractivity contribution >= 4 is 11.8 Å². The number of anilines is 2. The first-order valence-corrected chi connectivity index (χ1v) is 10.5. The smallest absolute Gasteiger partial charge is 0.355 e. The van der Waals surface area contributed by atoms with Crippen LogP contribution in [0.2, 0.25) is 0 Å². The van der Waals surface area contributed by atoms with E-state index in [0.29, 0.717) is 17.1 Å². The van der Waals surface area contributed by atoms with E-state index in [0.717, 1.165) is 15.7 Å². The summed E-state index contributed by atoms with van der Waals surface area (Å²) in [5.41, 5.74) is 6.92. The van der Waals surface area contributed by atoms with Gasteiger partial charge in [0.15, 0.2) is 0 Å². The number of phenols is 1. The molecule has 4 N–H and O–H groups in total. The Morgan fingerprint density at radius 1 is 0.971 bits per heavy atom. The zero-order valence-corrected chi connectivity index (χ0v) is 18.5. The van der Waals surface area contributed by atoms with Gasteiger partial charge in [0.1, 0.15) is 17.3 Å². The van der Waals surface area contributed by atoms with Crippen molar-refractivity contribution in [3.63, 3.8) is 0 Å². The highest BCUT2D eigenvalue weighted by Gasteiger charge is 2.15. The van der Waals surface area contributed by atoms with Crippen molar-refractivity contribution in [2.75, 3.05) is 18.2 Å². The lowest BCUT2D eigenvalue weighted by molar-refractivity contribution is 0.414. The van der Waals surface area contributed by atoms with Crippen LogP contribution in [0.5, 0.6) is 11.5 Å². The van der Waals surface area contributed by atoms with Gasteiger partial charge in [-0.3, -0.25) is 4.57 Å². The minimum atomic E-state index is -0.676. The van der Waals surface area contributed by atoms with Gasteiger partial charge in [-0.25, -0.2) is 19.1 Å². The number of nitrogens with two attached hydrogens (primary N) is 1. The van der Waals surface area contributed by atoms with Crippen LogP contribution in [0.25, 0.3) is 0 Å². The molecule has 10 nitrogen and oxygen atoms in total. The van der Waals surface area contributed by atoms with E-state index in [1.807, 2.05) is 0 Å². The Bertz CT molecular complexity index is 1400. The third kappa shape index (κ3) is 5.07. The Morgan fingerprint density at radius 3 is 2.26 bits per heavy atom. The number of nitrogens with one attached hydrogen (secondary N) is 1. The molecule has 0 amide bonds. The van der Waals surface area contributed by atoms with E-state index in [1.165, 1.54) is 16.7 Å². The molecule has 0 radical (unpaired) electrons. The third-order valence-corrected chi connectivity index (χ3v) is 5.29. The number of rotatable bonds is 8. The fraction of sp³-hybridized carbons (Fsp3) is 0.167. The second-order valence-corrected chi connectivity index (χ2v) is 7.59. The van der Waals surface area contributed by atoms with Gasteiger partial charge >= 0.3 is 11.4 Å². The molecule has 4 aromatic rings. The van der Waals surface area contributed by atoms with Crippen LogP contribution in [0, 0.1) is 0 Å². The zero-order chi connectivity index (χ0) is 24.1. The highest BCUT2D eigenvalue weighted by Crippen LogP contribution is 2.14. The Hall–Kier alpha value is -4.60. The van der Waals surface area contributed by atoms with Crippen LogP contribution in [0.4, 0.5) is 11.8 Å². The fourth-order valence-electron chi connectivity index (χ4n) is 3.41. The van der Waals surface area contributed by atoms with Crippen LogP contribution >= 0.6 is 0 Å². The molecule has 0 saturated carbocycles. The molecule has 0 aliphatic heterocycles. The molecule has 0 bridgehead atoms. The summed E-state index contributed by atoms with van der Waals surface area (Å²) in [5, 5.41) is 12.6. The van der Waals surface area contributed by atoms with Crippen LogP contribution in [-0.4, -0.2) is 31.3 Å². The summed E-state index contributed by atoms with van der Waals surface area (Å²) in [6.45, 7) is 0.420. The zero-order valence-electron chi connectivity index (χ0n) is 18.5. The Balaban J connectivity index is 1.71. The van der Waals surface area contributed by atoms with Crippen LogP contribution in [0.1, 0.15) is 16.7 Å². The summed E-state index contributed by atoms with van der Waals surface area (Å²) >= 11 is 0. The number of benzene rings is 2. The third-order valence-electron chi connectivity index (χ3n) is 5.29.